The number of halogens is 1. The van der Waals surface area contributed by atoms with E-state index in [-0.39, 0.29) is 5.91 Å². The van der Waals surface area contributed by atoms with Crippen molar-refractivity contribution in [2.24, 2.45) is 0 Å². The topological polar surface area (TPSA) is 42.0 Å². The number of amides is 1. The molecule has 1 rings (SSSR count). The smallest absolute Gasteiger partial charge is 0.248 e. The number of nitrogens with one attached hydrogen (secondary N) is 1. The van der Waals surface area contributed by atoms with Crippen molar-refractivity contribution in [1.82, 2.24) is 4.98 Å². The number of carbonyl (C=O) groups excluding carboxylic acids is 1. The predicted molar refractivity (Wildman–Crippen MR) is 55.4 cm³/mol. The summed E-state index contributed by atoms with van der Waals surface area (Å²) in [5.74, 6) is -0.138. The molecule has 1 heterocycles. The van der Waals surface area contributed by atoms with Gasteiger partial charge in [0.1, 0.15) is 4.60 Å². The molecule has 13 heavy (non-hydrogen) atoms. The lowest BCUT2D eigenvalue weighted by Gasteiger charge is -2.00. The van der Waals surface area contributed by atoms with Crippen LogP contribution in [0.2, 0.25) is 0 Å². The molecule has 0 aromatic carbocycles. The summed E-state index contributed by atoms with van der Waals surface area (Å²) < 4.78 is 0.700. The minimum atomic E-state index is -0.138. The maximum Gasteiger partial charge on any atom is 0.248 e. The van der Waals surface area contributed by atoms with Gasteiger partial charge in [-0.15, -0.1) is 0 Å². The lowest BCUT2D eigenvalue weighted by atomic mass is 10.4. The highest BCUT2D eigenvalue weighted by atomic mass is 79.9. The first-order valence-corrected chi connectivity index (χ1v) is 4.57. The third-order valence-electron chi connectivity index (χ3n) is 1.31. The van der Waals surface area contributed by atoms with Crippen LogP contribution >= 0.6 is 15.9 Å². The van der Waals surface area contributed by atoms with Crippen LogP contribution in [0.1, 0.15) is 6.92 Å². The highest BCUT2D eigenvalue weighted by Crippen LogP contribution is 2.12. The number of hydrogen-bond acceptors (Lipinski definition) is 2. The summed E-state index contributed by atoms with van der Waals surface area (Å²) in [4.78, 5) is 15.0. The van der Waals surface area contributed by atoms with Crippen LogP contribution in [0.15, 0.2) is 35.1 Å². The molecular formula is C9H9BrN2O. The average molecular weight is 241 g/mol. The van der Waals surface area contributed by atoms with E-state index in [1.807, 2.05) is 0 Å². The number of aromatic nitrogens is 1. The second-order valence-electron chi connectivity index (χ2n) is 2.36. The van der Waals surface area contributed by atoms with Crippen LogP contribution < -0.4 is 5.32 Å². The summed E-state index contributed by atoms with van der Waals surface area (Å²) in [5, 5.41) is 2.69. The molecule has 0 spiro atoms. The second-order valence-corrected chi connectivity index (χ2v) is 3.17. The van der Waals surface area contributed by atoms with Crippen LogP contribution in [0.4, 0.5) is 5.69 Å². The van der Waals surface area contributed by atoms with Crippen molar-refractivity contribution < 1.29 is 4.79 Å². The molecule has 0 saturated carbocycles. The van der Waals surface area contributed by atoms with Crippen LogP contribution in [-0.2, 0) is 4.79 Å². The molecule has 0 unspecified atom stereocenters. The summed E-state index contributed by atoms with van der Waals surface area (Å²) in [5.41, 5.74) is 0.727. The SMILES string of the molecule is C/C=C/C(=O)Nc1ccnc(Br)c1. The van der Waals surface area contributed by atoms with Gasteiger partial charge >= 0.3 is 0 Å². The fourth-order valence-electron chi connectivity index (χ4n) is 0.816. The first kappa shape index (κ1) is 9.92. The third kappa shape index (κ3) is 3.38. The molecule has 0 radical (unpaired) electrons. The zero-order valence-corrected chi connectivity index (χ0v) is 8.71. The van der Waals surface area contributed by atoms with Crippen molar-refractivity contribution in [3.63, 3.8) is 0 Å². The lowest BCUT2D eigenvalue weighted by molar-refractivity contribution is -0.111. The fraction of sp³-hybridized carbons (Fsp3) is 0.111. The van der Waals surface area contributed by atoms with Gasteiger partial charge < -0.3 is 5.32 Å². The highest BCUT2D eigenvalue weighted by molar-refractivity contribution is 9.10. The molecule has 0 aliphatic heterocycles. The Morgan fingerprint density at radius 3 is 3.08 bits per heavy atom. The number of pyridine rings is 1. The lowest BCUT2D eigenvalue weighted by Crippen LogP contribution is -2.07. The Hall–Kier alpha value is -1.16. The maximum atomic E-state index is 11.1. The number of allylic oxidation sites excluding steroid dienone is 1. The van der Waals surface area contributed by atoms with E-state index in [2.05, 4.69) is 26.2 Å². The quantitative estimate of drug-likeness (QED) is 0.637. The normalized spacial score (nSPS) is 10.3. The van der Waals surface area contributed by atoms with E-state index in [1.54, 1.807) is 31.3 Å². The van der Waals surface area contributed by atoms with Crippen LogP contribution in [0, 0.1) is 0 Å². The molecular weight excluding hydrogens is 232 g/mol. The minimum absolute atomic E-state index is 0.138. The Morgan fingerprint density at radius 1 is 1.69 bits per heavy atom. The first-order valence-electron chi connectivity index (χ1n) is 3.77. The van der Waals surface area contributed by atoms with Gasteiger partial charge in [0.15, 0.2) is 0 Å². The average Bonchev–Trinajstić information content (AvgIpc) is 2.04. The fourth-order valence-corrected chi connectivity index (χ4v) is 1.18. The maximum absolute atomic E-state index is 11.1. The Kier molecular flexibility index (Phi) is 3.64. The van der Waals surface area contributed by atoms with E-state index < -0.39 is 0 Å². The molecule has 0 aliphatic rings. The predicted octanol–water partition coefficient (Wildman–Crippen LogP) is 2.36. The zero-order valence-electron chi connectivity index (χ0n) is 7.12. The van der Waals surface area contributed by atoms with E-state index in [1.165, 1.54) is 6.08 Å². The largest absolute Gasteiger partial charge is 0.322 e. The van der Waals surface area contributed by atoms with Gasteiger partial charge in [0.25, 0.3) is 0 Å². The van der Waals surface area contributed by atoms with Crippen molar-refractivity contribution in [1.29, 1.82) is 0 Å². The van der Waals surface area contributed by atoms with Gasteiger partial charge in [-0.1, -0.05) is 6.08 Å². The Balaban J connectivity index is 2.69. The van der Waals surface area contributed by atoms with Crippen molar-refractivity contribution in [2.75, 3.05) is 5.32 Å². The summed E-state index contributed by atoms with van der Waals surface area (Å²) in [6, 6.07) is 3.47. The van der Waals surface area contributed by atoms with Gasteiger partial charge in [-0.3, -0.25) is 4.79 Å². The Morgan fingerprint density at radius 2 is 2.46 bits per heavy atom. The van der Waals surface area contributed by atoms with E-state index in [9.17, 15) is 4.79 Å². The molecule has 0 saturated heterocycles. The molecule has 0 bridgehead atoms. The summed E-state index contributed by atoms with van der Waals surface area (Å²) in [6.07, 6.45) is 4.77. The van der Waals surface area contributed by atoms with Crippen molar-refractivity contribution >= 4 is 27.5 Å². The zero-order chi connectivity index (χ0) is 9.68. The third-order valence-corrected chi connectivity index (χ3v) is 1.75. The van der Waals surface area contributed by atoms with E-state index in [0.29, 0.717) is 4.60 Å². The summed E-state index contributed by atoms with van der Waals surface area (Å²) in [7, 11) is 0. The van der Waals surface area contributed by atoms with Crippen molar-refractivity contribution in [3.05, 3.63) is 35.1 Å². The Bertz CT molecular complexity index is 336. The molecule has 1 aromatic rings. The number of hydrogen-bond donors (Lipinski definition) is 1. The molecule has 4 heteroatoms. The summed E-state index contributed by atoms with van der Waals surface area (Å²) >= 11 is 3.21. The highest BCUT2D eigenvalue weighted by Gasteiger charge is 1.97. The monoisotopic (exact) mass is 240 g/mol. The second kappa shape index (κ2) is 4.77. The van der Waals surface area contributed by atoms with Crippen LogP contribution in [0.3, 0.4) is 0 Å². The molecule has 1 N–H and O–H groups in total. The molecule has 0 atom stereocenters. The van der Waals surface area contributed by atoms with E-state index >= 15 is 0 Å². The van der Waals surface area contributed by atoms with Gasteiger partial charge in [0, 0.05) is 11.9 Å². The number of carbonyl (C=O) groups is 1. The molecule has 68 valence electrons. The number of rotatable bonds is 2. The van der Waals surface area contributed by atoms with Gasteiger partial charge in [0.05, 0.1) is 0 Å². The van der Waals surface area contributed by atoms with Crippen LogP contribution in [-0.4, -0.2) is 10.9 Å². The number of nitrogens with zero attached hydrogens (tertiary/aromatic N) is 1. The van der Waals surface area contributed by atoms with Gasteiger partial charge in [-0.05, 0) is 41.1 Å². The molecule has 0 aliphatic carbocycles. The van der Waals surface area contributed by atoms with Crippen molar-refractivity contribution in [3.8, 4) is 0 Å². The van der Waals surface area contributed by atoms with Gasteiger partial charge in [0.2, 0.25) is 5.91 Å². The van der Waals surface area contributed by atoms with Gasteiger partial charge in [-0.2, -0.15) is 0 Å². The standard InChI is InChI=1S/C9H9BrN2O/c1-2-3-9(13)12-7-4-5-11-8(10)6-7/h2-6H,1H3,(H,11,12,13)/b3-2+. The Labute approximate surface area is 85.0 Å². The minimum Gasteiger partial charge on any atom is -0.322 e. The first-order chi connectivity index (χ1) is 6.22. The molecule has 0 fully saturated rings. The molecule has 1 amide bonds. The van der Waals surface area contributed by atoms with Crippen molar-refractivity contribution in [2.45, 2.75) is 6.92 Å². The van der Waals surface area contributed by atoms with Crippen LogP contribution in [0.25, 0.3) is 0 Å². The molecule has 3 nitrogen and oxygen atoms in total. The van der Waals surface area contributed by atoms with E-state index in [0.717, 1.165) is 5.69 Å². The molecule has 1 aromatic heterocycles. The van der Waals surface area contributed by atoms with Gasteiger partial charge in [-0.25, -0.2) is 4.98 Å². The summed E-state index contributed by atoms with van der Waals surface area (Å²) in [6.45, 7) is 1.79. The van der Waals surface area contributed by atoms with E-state index in [4.69, 9.17) is 0 Å². The number of anilines is 1. The van der Waals surface area contributed by atoms with Crippen LogP contribution in [0.5, 0.6) is 0 Å².